The number of rotatable bonds is 11. The molecule has 11 heteroatoms. The van der Waals surface area contributed by atoms with Crippen LogP contribution in [0, 0.1) is 0 Å². The highest BCUT2D eigenvalue weighted by molar-refractivity contribution is 7.99. The van der Waals surface area contributed by atoms with E-state index in [0.717, 1.165) is 28.3 Å². The van der Waals surface area contributed by atoms with Crippen molar-refractivity contribution < 1.29 is 23.7 Å². The molecule has 1 N–H and O–H groups in total. The number of hydrogen-bond acceptors (Lipinski definition) is 9. The smallest absolute Gasteiger partial charge is 0.250 e. The first-order valence-electron chi connectivity index (χ1n) is 11.5. The van der Waals surface area contributed by atoms with Crippen LogP contribution in [-0.4, -0.2) is 61.1 Å². The van der Waals surface area contributed by atoms with Crippen molar-refractivity contribution in [1.29, 1.82) is 0 Å². The van der Waals surface area contributed by atoms with Crippen LogP contribution in [0.1, 0.15) is 5.56 Å². The molecule has 196 valence electrons. The molecule has 4 aromatic rings. The van der Waals surface area contributed by atoms with E-state index < -0.39 is 0 Å². The lowest BCUT2D eigenvalue weighted by Gasteiger charge is -2.11. The molecule has 1 heterocycles. The van der Waals surface area contributed by atoms with E-state index in [4.69, 9.17) is 18.9 Å². The second-order valence-corrected chi connectivity index (χ2v) is 8.71. The summed E-state index contributed by atoms with van der Waals surface area (Å²) in [5.41, 5.74) is 4.97. The maximum Gasteiger partial charge on any atom is 0.250 e. The van der Waals surface area contributed by atoms with E-state index in [-0.39, 0.29) is 11.7 Å². The molecule has 0 radical (unpaired) electrons. The monoisotopic (exact) mass is 533 g/mol. The SMILES string of the molecule is COc1ccc(-c2nnc(SCC(=O)N/N=C\c3ccc(OC)c(OC)c3)n2-c2ccc(OC)cc2)cc1. The fraction of sp³-hybridized carbons (Fsp3) is 0.185. The van der Waals surface area contributed by atoms with Gasteiger partial charge in [0.15, 0.2) is 22.5 Å². The Morgan fingerprint density at radius 1 is 0.868 bits per heavy atom. The minimum absolute atomic E-state index is 0.0835. The van der Waals surface area contributed by atoms with Crippen LogP contribution >= 0.6 is 11.8 Å². The molecule has 0 fully saturated rings. The number of hydrogen-bond donors (Lipinski definition) is 1. The Hall–Kier alpha value is -4.51. The van der Waals surface area contributed by atoms with E-state index in [9.17, 15) is 4.79 Å². The fourth-order valence-corrected chi connectivity index (χ4v) is 4.27. The van der Waals surface area contributed by atoms with Crippen molar-refractivity contribution >= 4 is 23.9 Å². The summed E-state index contributed by atoms with van der Waals surface area (Å²) in [6, 6.07) is 20.4. The third-order valence-corrected chi connectivity index (χ3v) is 6.38. The molecule has 10 nitrogen and oxygen atoms in total. The van der Waals surface area contributed by atoms with Gasteiger partial charge in [-0.05, 0) is 72.3 Å². The maximum atomic E-state index is 12.5. The Kier molecular flexibility index (Phi) is 8.83. The number of methoxy groups -OCH3 is 4. The predicted molar refractivity (Wildman–Crippen MR) is 146 cm³/mol. The fourth-order valence-electron chi connectivity index (χ4n) is 3.53. The van der Waals surface area contributed by atoms with Gasteiger partial charge in [0.1, 0.15) is 11.5 Å². The van der Waals surface area contributed by atoms with Crippen molar-refractivity contribution in [3.63, 3.8) is 0 Å². The highest BCUT2D eigenvalue weighted by Gasteiger charge is 2.17. The van der Waals surface area contributed by atoms with E-state index in [1.807, 2.05) is 59.2 Å². The summed E-state index contributed by atoms with van der Waals surface area (Å²) in [6.45, 7) is 0. The number of nitrogens with one attached hydrogen (secondary N) is 1. The second kappa shape index (κ2) is 12.6. The summed E-state index contributed by atoms with van der Waals surface area (Å²) in [6.07, 6.45) is 1.53. The third kappa shape index (κ3) is 6.24. The first-order valence-corrected chi connectivity index (χ1v) is 12.5. The number of benzene rings is 3. The van der Waals surface area contributed by atoms with Gasteiger partial charge in [-0.15, -0.1) is 10.2 Å². The van der Waals surface area contributed by atoms with Crippen LogP contribution in [0.3, 0.4) is 0 Å². The van der Waals surface area contributed by atoms with Gasteiger partial charge in [0, 0.05) is 11.3 Å². The standard InChI is InChI=1S/C27H27N5O5S/c1-34-21-10-6-19(7-11-21)26-30-31-27(32(26)20-8-12-22(35-2)13-9-20)38-17-25(33)29-28-16-18-5-14-23(36-3)24(15-18)37-4/h5-16H,17H2,1-4H3,(H,29,33)/b28-16-. The lowest BCUT2D eigenvalue weighted by Crippen LogP contribution is -2.20. The minimum Gasteiger partial charge on any atom is -0.497 e. The van der Waals surface area contributed by atoms with Crippen LogP contribution in [0.15, 0.2) is 77.0 Å². The average molecular weight is 534 g/mol. The molecule has 0 aliphatic rings. The molecule has 0 unspecified atom stereocenters. The number of carbonyl (C=O) groups excluding carboxylic acids is 1. The van der Waals surface area contributed by atoms with Gasteiger partial charge in [0.25, 0.3) is 5.91 Å². The molecule has 1 amide bonds. The number of amides is 1. The number of ether oxygens (including phenoxy) is 4. The van der Waals surface area contributed by atoms with E-state index in [1.165, 1.54) is 18.0 Å². The molecule has 0 saturated carbocycles. The van der Waals surface area contributed by atoms with Gasteiger partial charge in [0.05, 0.1) is 40.4 Å². The molecular weight excluding hydrogens is 506 g/mol. The first kappa shape index (κ1) is 26.6. The van der Waals surface area contributed by atoms with Gasteiger partial charge >= 0.3 is 0 Å². The minimum atomic E-state index is -0.290. The summed E-state index contributed by atoms with van der Waals surface area (Å²) >= 11 is 1.25. The van der Waals surface area contributed by atoms with E-state index in [1.54, 1.807) is 40.6 Å². The number of nitrogens with zero attached hydrogens (tertiary/aromatic N) is 4. The summed E-state index contributed by atoms with van der Waals surface area (Å²) in [5, 5.41) is 13.4. The van der Waals surface area contributed by atoms with Crippen molar-refractivity contribution in [2.45, 2.75) is 5.16 Å². The van der Waals surface area contributed by atoms with Crippen molar-refractivity contribution in [2.24, 2.45) is 5.10 Å². The average Bonchev–Trinajstić information content (AvgIpc) is 3.40. The second-order valence-electron chi connectivity index (χ2n) is 7.76. The van der Waals surface area contributed by atoms with Crippen LogP contribution in [0.25, 0.3) is 17.1 Å². The molecule has 0 atom stereocenters. The highest BCUT2D eigenvalue weighted by Crippen LogP contribution is 2.30. The van der Waals surface area contributed by atoms with E-state index in [2.05, 4.69) is 20.7 Å². The highest BCUT2D eigenvalue weighted by atomic mass is 32.2. The van der Waals surface area contributed by atoms with E-state index >= 15 is 0 Å². The lowest BCUT2D eigenvalue weighted by molar-refractivity contribution is -0.118. The zero-order valence-corrected chi connectivity index (χ0v) is 22.2. The van der Waals surface area contributed by atoms with Crippen molar-refractivity contribution in [3.05, 3.63) is 72.3 Å². The molecule has 0 aliphatic carbocycles. The first-order chi connectivity index (χ1) is 18.6. The van der Waals surface area contributed by atoms with Crippen molar-refractivity contribution in [3.8, 4) is 40.1 Å². The Bertz CT molecular complexity index is 1400. The molecule has 0 aliphatic heterocycles. The largest absolute Gasteiger partial charge is 0.497 e. The van der Waals surface area contributed by atoms with Crippen molar-refractivity contribution in [1.82, 2.24) is 20.2 Å². The van der Waals surface area contributed by atoms with Crippen molar-refractivity contribution in [2.75, 3.05) is 34.2 Å². The number of thioether (sulfide) groups is 1. The summed E-state index contributed by atoms with van der Waals surface area (Å²) in [5.74, 6) is 3.08. The van der Waals surface area contributed by atoms with E-state index in [0.29, 0.717) is 22.5 Å². The normalized spacial score (nSPS) is 10.8. The van der Waals surface area contributed by atoms with Crippen LogP contribution in [-0.2, 0) is 4.79 Å². The molecule has 0 bridgehead atoms. The quantitative estimate of drug-likeness (QED) is 0.174. The lowest BCUT2D eigenvalue weighted by atomic mass is 10.2. The summed E-state index contributed by atoms with van der Waals surface area (Å²) in [7, 11) is 6.36. The maximum absolute atomic E-state index is 12.5. The molecule has 4 rings (SSSR count). The van der Waals surface area contributed by atoms with Gasteiger partial charge in [-0.3, -0.25) is 9.36 Å². The Morgan fingerprint density at radius 2 is 1.53 bits per heavy atom. The van der Waals surface area contributed by atoms with Gasteiger partial charge in [-0.2, -0.15) is 5.10 Å². The Labute approximate surface area is 224 Å². The summed E-state index contributed by atoms with van der Waals surface area (Å²) < 4.78 is 23.0. The zero-order valence-electron chi connectivity index (χ0n) is 21.4. The van der Waals surface area contributed by atoms with Gasteiger partial charge < -0.3 is 18.9 Å². The number of aromatic nitrogens is 3. The van der Waals surface area contributed by atoms with Crippen LogP contribution in [0.5, 0.6) is 23.0 Å². The Morgan fingerprint density at radius 3 is 2.16 bits per heavy atom. The molecule has 0 saturated heterocycles. The van der Waals surface area contributed by atoms with Gasteiger partial charge in [-0.25, -0.2) is 5.43 Å². The number of carbonyl (C=O) groups is 1. The molecule has 0 spiro atoms. The van der Waals surface area contributed by atoms with Gasteiger partial charge in [-0.1, -0.05) is 11.8 Å². The molecule has 38 heavy (non-hydrogen) atoms. The van der Waals surface area contributed by atoms with Gasteiger partial charge in [0.2, 0.25) is 0 Å². The molecule has 3 aromatic carbocycles. The third-order valence-electron chi connectivity index (χ3n) is 5.46. The summed E-state index contributed by atoms with van der Waals surface area (Å²) in [4.78, 5) is 12.5. The number of hydrazone groups is 1. The zero-order chi connectivity index (χ0) is 26.9. The van der Waals surface area contributed by atoms with Crippen LogP contribution in [0.2, 0.25) is 0 Å². The Balaban J connectivity index is 1.50. The topological polar surface area (TPSA) is 109 Å². The van der Waals surface area contributed by atoms with Crippen LogP contribution < -0.4 is 24.4 Å². The molecular formula is C27H27N5O5S. The predicted octanol–water partition coefficient (Wildman–Crippen LogP) is 4.21. The van der Waals surface area contributed by atoms with Crippen LogP contribution in [0.4, 0.5) is 0 Å². The molecule has 1 aromatic heterocycles.